The van der Waals surface area contributed by atoms with Crippen LogP contribution in [0.4, 0.5) is 26.3 Å². The molecule has 0 saturated carbocycles. The molecule has 3 aromatic rings. The number of nitrogens with one attached hydrogen (secondary N) is 1. The predicted molar refractivity (Wildman–Crippen MR) is 128 cm³/mol. The second kappa shape index (κ2) is 10.5. The zero-order valence-corrected chi connectivity index (χ0v) is 20.6. The van der Waals surface area contributed by atoms with E-state index in [0.29, 0.717) is 11.8 Å². The number of amides is 1. The summed E-state index contributed by atoms with van der Waals surface area (Å²) in [5.74, 6) is -2.44. The molecule has 2 N–H and O–H groups in total. The number of carbonyl (C=O) groups excluding carboxylic acids is 1. The fraction of sp³-hybridized carbons (Fsp3) is 0.333. The fourth-order valence-corrected chi connectivity index (χ4v) is 3.75. The number of benzene rings is 3. The van der Waals surface area contributed by atoms with E-state index in [0.717, 1.165) is 36.4 Å². The average molecular weight is 541 g/mol. The molecule has 3 rings (SSSR count). The molecule has 0 aliphatic carbocycles. The Morgan fingerprint density at radius 1 is 0.895 bits per heavy atom. The highest BCUT2D eigenvalue weighted by Crippen LogP contribution is 2.37. The van der Waals surface area contributed by atoms with Crippen LogP contribution in [0.25, 0.3) is 10.8 Å². The summed E-state index contributed by atoms with van der Waals surface area (Å²) in [6, 6.07) is 8.22. The van der Waals surface area contributed by atoms with Crippen LogP contribution in [-0.2, 0) is 23.8 Å². The van der Waals surface area contributed by atoms with Crippen molar-refractivity contribution in [1.82, 2.24) is 5.32 Å². The van der Waals surface area contributed by atoms with Gasteiger partial charge < -0.3 is 15.2 Å². The van der Waals surface area contributed by atoms with Gasteiger partial charge in [0, 0.05) is 5.39 Å². The Hall–Kier alpha value is -3.76. The van der Waals surface area contributed by atoms with Gasteiger partial charge in [0.05, 0.1) is 16.7 Å². The maximum absolute atomic E-state index is 13.4. The van der Waals surface area contributed by atoms with E-state index in [-0.39, 0.29) is 28.9 Å². The minimum absolute atomic E-state index is 0.0685. The lowest BCUT2D eigenvalue weighted by atomic mass is 9.81. The number of carboxylic acids is 1. The molecule has 0 aromatic heterocycles. The first kappa shape index (κ1) is 28.8. The van der Waals surface area contributed by atoms with Crippen molar-refractivity contribution < 1.29 is 45.8 Å². The molecule has 0 aliphatic heterocycles. The number of ether oxygens (including phenoxy) is 1. The van der Waals surface area contributed by atoms with E-state index in [9.17, 15) is 41.0 Å². The maximum atomic E-state index is 13.4. The monoisotopic (exact) mass is 541 g/mol. The zero-order valence-electron chi connectivity index (χ0n) is 20.6. The molecule has 0 radical (unpaired) electrons. The first-order valence-electron chi connectivity index (χ1n) is 11.5. The van der Waals surface area contributed by atoms with E-state index in [4.69, 9.17) is 4.74 Å². The van der Waals surface area contributed by atoms with Gasteiger partial charge >= 0.3 is 18.3 Å². The molecule has 0 unspecified atom stereocenters. The summed E-state index contributed by atoms with van der Waals surface area (Å²) in [5.41, 5.74) is -2.70. The molecular formula is C27H25F6NO4. The minimum atomic E-state index is -4.70. The Morgan fingerprint density at radius 3 is 1.97 bits per heavy atom. The lowest BCUT2D eigenvalue weighted by molar-refractivity contribution is -0.142. The largest absolute Gasteiger partial charge is 0.487 e. The van der Waals surface area contributed by atoms with E-state index in [1.165, 1.54) is 18.2 Å². The van der Waals surface area contributed by atoms with E-state index < -0.39 is 46.8 Å². The first-order valence-corrected chi connectivity index (χ1v) is 11.5. The quantitative estimate of drug-likeness (QED) is 0.299. The van der Waals surface area contributed by atoms with Crippen molar-refractivity contribution in [3.05, 3.63) is 76.9 Å². The number of alkyl halides is 6. The summed E-state index contributed by atoms with van der Waals surface area (Å²) in [7, 11) is 0. The van der Waals surface area contributed by atoms with Crippen molar-refractivity contribution in [2.45, 2.75) is 52.2 Å². The van der Waals surface area contributed by atoms with Crippen LogP contribution in [0.3, 0.4) is 0 Å². The van der Waals surface area contributed by atoms with Gasteiger partial charge in [-0.3, -0.25) is 4.79 Å². The molecular weight excluding hydrogens is 516 g/mol. The number of hydrogen-bond acceptors (Lipinski definition) is 3. The van der Waals surface area contributed by atoms with E-state index in [1.54, 1.807) is 20.8 Å². The van der Waals surface area contributed by atoms with Crippen LogP contribution < -0.4 is 10.1 Å². The average Bonchev–Trinajstić information content (AvgIpc) is 2.84. The SMILES string of the molecule is CCC(C)(C)[C@H](NC(=O)c1ccc2ccc(C(F)(F)F)cc2c1OCc1ccc(C(F)(F)F)cc1)C(=O)O. The molecule has 11 heteroatoms. The van der Waals surface area contributed by atoms with Crippen LogP contribution in [0.15, 0.2) is 54.6 Å². The highest BCUT2D eigenvalue weighted by atomic mass is 19.4. The van der Waals surface area contributed by atoms with Crippen LogP contribution in [0.5, 0.6) is 5.75 Å². The Bertz CT molecular complexity index is 1330. The highest BCUT2D eigenvalue weighted by molar-refractivity contribution is 6.05. The lowest BCUT2D eigenvalue weighted by Gasteiger charge is -2.31. The van der Waals surface area contributed by atoms with Crippen molar-refractivity contribution in [1.29, 1.82) is 0 Å². The fourth-order valence-electron chi connectivity index (χ4n) is 3.75. The maximum Gasteiger partial charge on any atom is 0.416 e. The highest BCUT2D eigenvalue weighted by Gasteiger charge is 2.36. The molecule has 0 fully saturated rings. The standard InChI is InChI=1S/C27H25F6NO4/c1-4-25(2,3)22(24(36)37)34-23(35)19-12-8-16-7-11-18(27(31,32)33)13-20(16)21(19)38-14-15-5-9-17(10-6-15)26(28,29)30/h5-13,22H,4,14H2,1-3H3,(H,34,35)(H,36,37)/t22-/m1/s1. The Morgan fingerprint density at radius 2 is 1.45 bits per heavy atom. The van der Waals surface area contributed by atoms with Gasteiger partial charge in [-0.1, -0.05) is 45.0 Å². The van der Waals surface area contributed by atoms with E-state index >= 15 is 0 Å². The lowest BCUT2D eigenvalue weighted by Crippen LogP contribution is -2.50. The Labute approximate surface area is 214 Å². The van der Waals surface area contributed by atoms with Gasteiger partial charge in [-0.2, -0.15) is 26.3 Å². The molecule has 1 atom stereocenters. The Kier molecular flexibility index (Phi) is 7.99. The number of fused-ring (bicyclic) bond motifs is 1. The van der Waals surface area contributed by atoms with Crippen LogP contribution in [0.2, 0.25) is 0 Å². The van der Waals surface area contributed by atoms with Gasteiger partial charge in [0.1, 0.15) is 18.4 Å². The molecule has 0 aliphatic rings. The van der Waals surface area contributed by atoms with Crippen molar-refractivity contribution in [3.8, 4) is 5.75 Å². The summed E-state index contributed by atoms with van der Waals surface area (Å²) < 4.78 is 84.7. The van der Waals surface area contributed by atoms with Gasteiger partial charge in [0.15, 0.2) is 0 Å². The summed E-state index contributed by atoms with van der Waals surface area (Å²) >= 11 is 0. The van der Waals surface area contributed by atoms with Crippen molar-refractivity contribution in [3.63, 3.8) is 0 Å². The molecule has 0 bridgehead atoms. The van der Waals surface area contributed by atoms with Crippen molar-refractivity contribution >= 4 is 22.6 Å². The van der Waals surface area contributed by atoms with Gasteiger partial charge in [-0.25, -0.2) is 4.79 Å². The summed E-state index contributed by atoms with van der Waals surface area (Å²) in [5, 5.41) is 12.4. The van der Waals surface area contributed by atoms with E-state index in [1.807, 2.05) is 0 Å². The van der Waals surface area contributed by atoms with Gasteiger partial charge in [-0.15, -0.1) is 0 Å². The number of aliphatic carboxylic acids is 1. The molecule has 0 saturated heterocycles. The molecule has 0 heterocycles. The molecule has 5 nitrogen and oxygen atoms in total. The topological polar surface area (TPSA) is 75.6 Å². The summed E-state index contributed by atoms with van der Waals surface area (Å²) in [6.45, 7) is 4.67. The zero-order chi connectivity index (χ0) is 28.5. The third-order valence-corrected chi connectivity index (χ3v) is 6.42. The van der Waals surface area contributed by atoms with Crippen LogP contribution >= 0.6 is 0 Å². The smallest absolute Gasteiger partial charge is 0.416 e. The number of halogens is 6. The molecule has 204 valence electrons. The normalized spacial score (nSPS) is 13.3. The summed E-state index contributed by atoms with van der Waals surface area (Å²) in [4.78, 5) is 25.1. The van der Waals surface area contributed by atoms with Gasteiger partial charge in [0.2, 0.25) is 0 Å². The molecule has 0 spiro atoms. The van der Waals surface area contributed by atoms with Crippen LogP contribution in [-0.4, -0.2) is 23.0 Å². The molecule has 38 heavy (non-hydrogen) atoms. The van der Waals surface area contributed by atoms with Gasteiger partial charge in [0.25, 0.3) is 5.91 Å². The number of rotatable bonds is 8. The molecule has 1 amide bonds. The minimum Gasteiger partial charge on any atom is -0.487 e. The number of carbonyl (C=O) groups is 2. The van der Waals surface area contributed by atoms with Crippen LogP contribution in [0.1, 0.15) is 54.2 Å². The predicted octanol–water partition coefficient (Wildman–Crippen LogP) is 7.08. The first-order chi connectivity index (χ1) is 17.5. The number of hydrogen-bond donors (Lipinski definition) is 2. The van der Waals surface area contributed by atoms with Gasteiger partial charge in [-0.05, 0) is 53.1 Å². The Balaban J connectivity index is 2.07. The van der Waals surface area contributed by atoms with Crippen molar-refractivity contribution in [2.24, 2.45) is 5.41 Å². The molecule has 3 aromatic carbocycles. The third-order valence-electron chi connectivity index (χ3n) is 6.42. The van der Waals surface area contributed by atoms with Crippen LogP contribution in [0, 0.1) is 5.41 Å². The third kappa shape index (κ3) is 6.38. The summed E-state index contributed by atoms with van der Waals surface area (Å²) in [6.07, 6.45) is -8.86. The second-order valence-corrected chi connectivity index (χ2v) is 9.45. The second-order valence-electron chi connectivity index (χ2n) is 9.45. The van der Waals surface area contributed by atoms with Crippen molar-refractivity contribution in [2.75, 3.05) is 0 Å². The number of carboxylic acid groups (broad SMARTS) is 1. The van der Waals surface area contributed by atoms with E-state index in [2.05, 4.69) is 5.32 Å².